The van der Waals surface area contributed by atoms with E-state index in [-0.39, 0.29) is 11.9 Å². The van der Waals surface area contributed by atoms with E-state index in [4.69, 9.17) is 14.7 Å². The molecule has 1 saturated carbocycles. The van der Waals surface area contributed by atoms with Gasteiger partial charge in [-0.15, -0.1) is 0 Å². The Morgan fingerprint density at radius 3 is 2.89 bits per heavy atom. The highest BCUT2D eigenvalue weighted by molar-refractivity contribution is 5.79. The van der Waals surface area contributed by atoms with Gasteiger partial charge in [0.2, 0.25) is 0 Å². The number of benzene rings is 1. The van der Waals surface area contributed by atoms with Crippen molar-refractivity contribution in [1.29, 1.82) is 5.26 Å². The molecule has 0 amide bonds. The molecule has 0 aromatic heterocycles. The van der Waals surface area contributed by atoms with Gasteiger partial charge in [0.05, 0.1) is 18.7 Å². The van der Waals surface area contributed by atoms with Gasteiger partial charge < -0.3 is 9.47 Å². The van der Waals surface area contributed by atoms with Crippen molar-refractivity contribution >= 4 is 5.78 Å². The van der Waals surface area contributed by atoms with Crippen LogP contribution in [0.3, 0.4) is 0 Å². The lowest BCUT2D eigenvalue weighted by Gasteiger charge is -2.23. The zero-order valence-electron chi connectivity index (χ0n) is 10.3. The third-order valence-electron chi connectivity index (χ3n) is 3.02. The van der Waals surface area contributed by atoms with Gasteiger partial charge in [-0.25, -0.2) is 0 Å². The number of nitrogens with zero attached hydrogens (tertiary/aromatic N) is 1. The number of hydrogen-bond acceptors (Lipinski definition) is 4. The van der Waals surface area contributed by atoms with E-state index in [1.807, 2.05) is 6.07 Å². The van der Waals surface area contributed by atoms with Gasteiger partial charge in [0.1, 0.15) is 11.9 Å². The number of carbonyl (C=O) groups excluding carboxylic acids is 1. The summed E-state index contributed by atoms with van der Waals surface area (Å²) in [4.78, 5) is 11.4. The fraction of sp³-hybridized carbons (Fsp3) is 0.429. The monoisotopic (exact) mass is 245 g/mol. The minimum atomic E-state index is -0.0758. The molecule has 0 radical (unpaired) electrons. The summed E-state index contributed by atoms with van der Waals surface area (Å²) in [6.07, 6.45) is 2.80. The second kappa shape index (κ2) is 5.54. The summed E-state index contributed by atoms with van der Waals surface area (Å²) in [5, 5.41) is 8.81. The molecule has 0 bridgehead atoms. The van der Waals surface area contributed by atoms with E-state index in [0.29, 0.717) is 29.9 Å². The van der Waals surface area contributed by atoms with Crippen LogP contribution in [0.15, 0.2) is 18.2 Å². The quantitative estimate of drug-likeness (QED) is 0.820. The van der Waals surface area contributed by atoms with Crippen molar-refractivity contribution < 1.29 is 14.3 Å². The zero-order chi connectivity index (χ0) is 13.0. The molecule has 0 saturated heterocycles. The van der Waals surface area contributed by atoms with Crippen LogP contribution in [0.1, 0.15) is 31.2 Å². The summed E-state index contributed by atoms with van der Waals surface area (Å²) < 4.78 is 11.0. The van der Waals surface area contributed by atoms with Gasteiger partial charge in [0.25, 0.3) is 0 Å². The zero-order valence-corrected chi connectivity index (χ0v) is 10.3. The van der Waals surface area contributed by atoms with Crippen LogP contribution in [-0.4, -0.2) is 19.0 Å². The van der Waals surface area contributed by atoms with E-state index in [1.165, 1.54) is 7.11 Å². The molecule has 94 valence electrons. The number of rotatable bonds is 3. The second-order valence-electron chi connectivity index (χ2n) is 4.35. The molecule has 0 spiro atoms. The number of hydrogen-bond donors (Lipinski definition) is 0. The summed E-state index contributed by atoms with van der Waals surface area (Å²) in [7, 11) is 1.54. The summed E-state index contributed by atoms with van der Waals surface area (Å²) in [5.74, 6) is 1.38. The molecule has 1 aliphatic carbocycles. The Balaban J connectivity index is 2.13. The molecule has 1 unspecified atom stereocenters. The third-order valence-corrected chi connectivity index (χ3v) is 3.02. The number of ketones is 1. The Morgan fingerprint density at radius 1 is 1.39 bits per heavy atom. The highest BCUT2D eigenvalue weighted by Crippen LogP contribution is 2.31. The van der Waals surface area contributed by atoms with Crippen LogP contribution < -0.4 is 9.47 Å². The smallest absolute Gasteiger partial charge is 0.162 e. The van der Waals surface area contributed by atoms with Crippen LogP contribution in [0.4, 0.5) is 0 Å². The van der Waals surface area contributed by atoms with E-state index >= 15 is 0 Å². The number of nitriles is 1. The van der Waals surface area contributed by atoms with Crippen molar-refractivity contribution in [2.45, 2.75) is 31.8 Å². The maximum absolute atomic E-state index is 11.4. The first-order valence-corrected chi connectivity index (χ1v) is 5.99. The van der Waals surface area contributed by atoms with Crippen molar-refractivity contribution in [3.8, 4) is 17.6 Å². The third kappa shape index (κ3) is 2.80. The van der Waals surface area contributed by atoms with E-state index in [0.717, 1.165) is 12.8 Å². The van der Waals surface area contributed by atoms with E-state index in [9.17, 15) is 4.79 Å². The Hall–Kier alpha value is -2.02. The molecule has 0 aliphatic heterocycles. The summed E-state index contributed by atoms with van der Waals surface area (Å²) in [6, 6.07) is 7.09. The summed E-state index contributed by atoms with van der Waals surface area (Å²) >= 11 is 0. The van der Waals surface area contributed by atoms with Crippen LogP contribution >= 0.6 is 0 Å². The molecule has 18 heavy (non-hydrogen) atoms. The molecular weight excluding hydrogens is 230 g/mol. The fourth-order valence-electron chi connectivity index (χ4n) is 2.10. The Morgan fingerprint density at radius 2 is 2.22 bits per heavy atom. The number of ether oxygens (including phenoxy) is 2. The van der Waals surface area contributed by atoms with Crippen LogP contribution in [-0.2, 0) is 4.79 Å². The van der Waals surface area contributed by atoms with Gasteiger partial charge in [-0.1, -0.05) is 0 Å². The van der Waals surface area contributed by atoms with Crippen LogP contribution in [0.2, 0.25) is 0 Å². The van der Waals surface area contributed by atoms with Gasteiger partial charge in [-0.2, -0.15) is 5.26 Å². The minimum Gasteiger partial charge on any atom is -0.493 e. The highest BCUT2D eigenvalue weighted by Gasteiger charge is 2.22. The van der Waals surface area contributed by atoms with Gasteiger partial charge in [0.15, 0.2) is 11.5 Å². The topological polar surface area (TPSA) is 59.3 Å². The predicted octanol–water partition coefficient (Wildman–Crippen LogP) is 2.46. The van der Waals surface area contributed by atoms with E-state index in [2.05, 4.69) is 0 Å². The highest BCUT2D eigenvalue weighted by atomic mass is 16.5. The number of methoxy groups -OCH3 is 1. The first-order valence-electron chi connectivity index (χ1n) is 5.99. The molecule has 1 aromatic carbocycles. The van der Waals surface area contributed by atoms with Crippen molar-refractivity contribution in [2.24, 2.45) is 0 Å². The molecule has 2 rings (SSSR count). The van der Waals surface area contributed by atoms with Gasteiger partial charge in [0, 0.05) is 18.9 Å². The maximum Gasteiger partial charge on any atom is 0.162 e. The predicted molar refractivity (Wildman–Crippen MR) is 65.6 cm³/mol. The first-order chi connectivity index (χ1) is 8.72. The molecule has 1 fully saturated rings. The first kappa shape index (κ1) is 12.4. The van der Waals surface area contributed by atoms with Crippen molar-refractivity contribution in [2.75, 3.05) is 7.11 Å². The molecular formula is C14H15NO3. The van der Waals surface area contributed by atoms with Crippen molar-refractivity contribution in [3.05, 3.63) is 23.8 Å². The van der Waals surface area contributed by atoms with Gasteiger partial charge in [-0.05, 0) is 25.0 Å². The van der Waals surface area contributed by atoms with Crippen molar-refractivity contribution in [3.63, 3.8) is 0 Å². The lowest BCUT2D eigenvalue weighted by molar-refractivity contribution is -0.122. The van der Waals surface area contributed by atoms with E-state index in [1.54, 1.807) is 18.2 Å². The lowest BCUT2D eigenvalue weighted by Crippen LogP contribution is -2.25. The largest absolute Gasteiger partial charge is 0.493 e. The SMILES string of the molecule is COc1cc(C#N)ccc1OC1CCCC(=O)C1. The Kier molecular flexibility index (Phi) is 3.83. The lowest BCUT2D eigenvalue weighted by atomic mass is 9.96. The van der Waals surface area contributed by atoms with Crippen LogP contribution in [0, 0.1) is 11.3 Å². The van der Waals surface area contributed by atoms with Crippen LogP contribution in [0.5, 0.6) is 11.5 Å². The Labute approximate surface area is 106 Å². The fourth-order valence-corrected chi connectivity index (χ4v) is 2.10. The number of carbonyl (C=O) groups is 1. The van der Waals surface area contributed by atoms with Gasteiger partial charge >= 0.3 is 0 Å². The van der Waals surface area contributed by atoms with Gasteiger partial charge in [-0.3, -0.25) is 4.79 Å². The molecule has 4 heteroatoms. The van der Waals surface area contributed by atoms with E-state index < -0.39 is 0 Å². The summed E-state index contributed by atoms with van der Waals surface area (Å²) in [5.41, 5.74) is 0.527. The van der Waals surface area contributed by atoms with Crippen LogP contribution in [0.25, 0.3) is 0 Å². The average molecular weight is 245 g/mol. The molecule has 1 atom stereocenters. The molecule has 4 nitrogen and oxygen atoms in total. The molecule has 0 heterocycles. The average Bonchev–Trinajstić information content (AvgIpc) is 2.39. The maximum atomic E-state index is 11.4. The minimum absolute atomic E-state index is 0.0758. The second-order valence-corrected chi connectivity index (χ2v) is 4.35. The normalized spacial score (nSPS) is 19.1. The molecule has 0 N–H and O–H groups in total. The summed E-state index contributed by atoms with van der Waals surface area (Å²) in [6.45, 7) is 0. The molecule has 1 aliphatic rings. The standard InChI is InChI=1S/C14H15NO3/c1-17-14-7-10(9-15)5-6-13(14)18-12-4-2-3-11(16)8-12/h5-7,12H,2-4,8H2,1H3. The molecule has 1 aromatic rings. The number of Topliss-reactive ketones (excluding diaryl/α,β-unsaturated/α-hetero) is 1. The van der Waals surface area contributed by atoms with Crippen molar-refractivity contribution in [1.82, 2.24) is 0 Å². The Bertz CT molecular complexity index is 490.